The Morgan fingerprint density at radius 1 is 1.22 bits per heavy atom. The van der Waals surface area contributed by atoms with Crippen LogP contribution in [-0.2, 0) is 11.3 Å². The smallest absolute Gasteiger partial charge is 0.242 e. The molecule has 6 heteroatoms. The van der Waals surface area contributed by atoms with Crippen LogP contribution in [0.1, 0.15) is 32.3 Å². The highest BCUT2D eigenvalue weighted by molar-refractivity contribution is 5.86. The highest BCUT2D eigenvalue weighted by Gasteiger charge is 2.31. The Balaban J connectivity index is 0.00000242. The number of hydrogen-bond acceptors (Lipinski definition) is 3. The van der Waals surface area contributed by atoms with E-state index in [1.807, 2.05) is 18.0 Å². The lowest BCUT2D eigenvalue weighted by atomic mass is 9.99. The molecule has 1 amide bonds. The third kappa shape index (κ3) is 6.30. The molecule has 0 radical (unpaired) electrons. The van der Waals surface area contributed by atoms with Gasteiger partial charge in [0.15, 0.2) is 0 Å². The number of halogens is 2. The molecular weight excluding hydrogens is 333 g/mol. The molecule has 1 aliphatic heterocycles. The normalized spacial score (nSPS) is 16.2. The summed E-state index contributed by atoms with van der Waals surface area (Å²) in [5.74, 6) is 0.0315. The minimum atomic E-state index is -0.782. The standard InChI is InChI=1S/C17H27N3O.2ClH/c1-17(2,18)16(21)19(3)15-9-11-20(12-10-15)13-14-7-5-4-6-8-14;;/h4-8,15H,9-13,18H2,1-3H3;2*1H. The maximum atomic E-state index is 12.2. The highest BCUT2D eigenvalue weighted by atomic mass is 35.5. The van der Waals surface area contributed by atoms with Crippen molar-refractivity contribution in [1.82, 2.24) is 9.80 Å². The van der Waals surface area contributed by atoms with E-state index in [1.54, 1.807) is 13.8 Å². The van der Waals surface area contributed by atoms with Gasteiger partial charge < -0.3 is 10.6 Å². The van der Waals surface area contributed by atoms with E-state index in [1.165, 1.54) is 5.56 Å². The summed E-state index contributed by atoms with van der Waals surface area (Å²) in [5.41, 5.74) is 6.48. The number of nitrogens with zero attached hydrogens (tertiary/aromatic N) is 2. The first-order chi connectivity index (χ1) is 9.88. The predicted octanol–water partition coefficient (Wildman–Crippen LogP) is 2.69. The minimum absolute atomic E-state index is 0. The molecule has 2 rings (SSSR count). The lowest BCUT2D eigenvalue weighted by Gasteiger charge is -2.38. The average molecular weight is 362 g/mol. The van der Waals surface area contributed by atoms with Crippen LogP contribution < -0.4 is 5.73 Å². The van der Waals surface area contributed by atoms with Gasteiger partial charge in [-0.1, -0.05) is 30.3 Å². The van der Waals surface area contributed by atoms with Gasteiger partial charge in [0.25, 0.3) is 0 Å². The van der Waals surface area contributed by atoms with Crippen LogP contribution in [0.15, 0.2) is 30.3 Å². The first-order valence-electron chi connectivity index (χ1n) is 7.70. The van der Waals surface area contributed by atoms with Crippen molar-refractivity contribution in [3.05, 3.63) is 35.9 Å². The molecule has 0 unspecified atom stereocenters. The number of nitrogens with two attached hydrogens (primary N) is 1. The second-order valence-electron chi connectivity index (χ2n) is 6.63. The van der Waals surface area contributed by atoms with E-state index >= 15 is 0 Å². The fraction of sp³-hybridized carbons (Fsp3) is 0.588. The van der Waals surface area contributed by atoms with E-state index in [9.17, 15) is 4.79 Å². The summed E-state index contributed by atoms with van der Waals surface area (Å²) in [6.07, 6.45) is 2.04. The van der Waals surface area contributed by atoms with E-state index in [4.69, 9.17) is 5.73 Å². The summed E-state index contributed by atoms with van der Waals surface area (Å²) in [6.45, 7) is 6.60. The molecular formula is C17H29Cl2N3O. The van der Waals surface area contributed by atoms with Gasteiger partial charge >= 0.3 is 0 Å². The van der Waals surface area contributed by atoms with Crippen LogP contribution >= 0.6 is 24.8 Å². The fourth-order valence-electron chi connectivity index (χ4n) is 2.93. The Labute approximate surface area is 152 Å². The molecule has 132 valence electrons. The Morgan fingerprint density at radius 2 is 1.74 bits per heavy atom. The summed E-state index contributed by atoms with van der Waals surface area (Å²) in [4.78, 5) is 16.5. The van der Waals surface area contributed by atoms with Gasteiger partial charge in [0.2, 0.25) is 5.91 Å². The van der Waals surface area contributed by atoms with E-state index < -0.39 is 5.54 Å². The summed E-state index contributed by atoms with van der Waals surface area (Å²) in [6, 6.07) is 10.9. The summed E-state index contributed by atoms with van der Waals surface area (Å²) in [7, 11) is 1.88. The van der Waals surface area contributed by atoms with Crippen molar-refractivity contribution in [2.45, 2.75) is 44.8 Å². The van der Waals surface area contributed by atoms with Crippen molar-refractivity contribution >= 4 is 30.7 Å². The van der Waals surface area contributed by atoms with Gasteiger partial charge in [-0.3, -0.25) is 9.69 Å². The van der Waals surface area contributed by atoms with Crippen molar-refractivity contribution in [2.75, 3.05) is 20.1 Å². The number of carbonyl (C=O) groups is 1. The molecule has 1 aliphatic rings. The molecule has 23 heavy (non-hydrogen) atoms. The third-order valence-electron chi connectivity index (χ3n) is 4.23. The molecule has 0 spiro atoms. The lowest BCUT2D eigenvalue weighted by Crippen LogP contribution is -2.54. The predicted molar refractivity (Wildman–Crippen MR) is 100 cm³/mol. The molecule has 1 fully saturated rings. The first-order valence-corrected chi connectivity index (χ1v) is 7.70. The molecule has 0 bridgehead atoms. The van der Waals surface area contributed by atoms with Crippen molar-refractivity contribution in [1.29, 1.82) is 0 Å². The zero-order valence-electron chi connectivity index (χ0n) is 14.2. The number of likely N-dealkylation sites (N-methyl/N-ethyl adjacent to an activating group) is 1. The SMILES string of the molecule is CN(C(=O)C(C)(C)N)C1CCN(Cc2ccccc2)CC1.Cl.Cl. The summed E-state index contributed by atoms with van der Waals surface area (Å²) < 4.78 is 0. The van der Waals surface area contributed by atoms with Crippen LogP contribution in [0, 0.1) is 0 Å². The van der Waals surface area contributed by atoms with E-state index in [0.717, 1.165) is 32.5 Å². The Kier molecular flexibility index (Phi) is 9.14. The molecule has 4 nitrogen and oxygen atoms in total. The monoisotopic (exact) mass is 361 g/mol. The molecule has 0 saturated carbocycles. The molecule has 2 N–H and O–H groups in total. The zero-order valence-corrected chi connectivity index (χ0v) is 15.8. The molecule has 0 aromatic heterocycles. The summed E-state index contributed by atoms with van der Waals surface area (Å²) >= 11 is 0. The number of hydrogen-bond donors (Lipinski definition) is 1. The number of benzene rings is 1. The molecule has 0 aliphatic carbocycles. The van der Waals surface area contributed by atoms with Gasteiger partial charge in [0, 0.05) is 32.7 Å². The summed E-state index contributed by atoms with van der Waals surface area (Å²) in [5, 5.41) is 0. The minimum Gasteiger partial charge on any atom is -0.341 e. The molecule has 1 saturated heterocycles. The Hall–Kier alpha value is -0.810. The van der Waals surface area contributed by atoms with Gasteiger partial charge in [-0.25, -0.2) is 0 Å². The molecule has 1 heterocycles. The van der Waals surface area contributed by atoms with Crippen LogP contribution in [0.5, 0.6) is 0 Å². The Bertz CT molecular complexity index is 468. The molecule has 1 aromatic rings. The number of piperidine rings is 1. The van der Waals surface area contributed by atoms with Crippen molar-refractivity contribution < 1.29 is 4.79 Å². The van der Waals surface area contributed by atoms with E-state index in [-0.39, 0.29) is 30.7 Å². The van der Waals surface area contributed by atoms with Crippen molar-refractivity contribution in [2.24, 2.45) is 5.73 Å². The highest BCUT2D eigenvalue weighted by Crippen LogP contribution is 2.19. The average Bonchev–Trinajstić information content (AvgIpc) is 2.46. The maximum Gasteiger partial charge on any atom is 0.242 e. The molecule has 1 aromatic carbocycles. The number of amides is 1. The van der Waals surface area contributed by atoms with Gasteiger partial charge in [0.1, 0.15) is 0 Å². The van der Waals surface area contributed by atoms with E-state index in [2.05, 4.69) is 29.2 Å². The molecule has 0 atom stereocenters. The zero-order chi connectivity index (χ0) is 15.5. The fourth-order valence-corrected chi connectivity index (χ4v) is 2.93. The number of likely N-dealkylation sites (tertiary alicyclic amines) is 1. The Morgan fingerprint density at radius 3 is 2.22 bits per heavy atom. The van der Waals surface area contributed by atoms with Crippen LogP contribution in [0.25, 0.3) is 0 Å². The first kappa shape index (κ1) is 22.2. The van der Waals surface area contributed by atoms with Crippen LogP contribution in [-0.4, -0.2) is 47.4 Å². The van der Waals surface area contributed by atoms with Crippen LogP contribution in [0.2, 0.25) is 0 Å². The van der Waals surface area contributed by atoms with Crippen LogP contribution in [0.4, 0.5) is 0 Å². The van der Waals surface area contributed by atoms with Gasteiger partial charge in [-0.2, -0.15) is 0 Å². The van der Waals surface area contributed by atoms with Crippen molar-refractivity contribution in [3.8, 4) is 0 Å². The third-order valence-corrected chi connectivity index (χ3v) is 4.23. The van der Waals surface area contributed by atoms with E-state index in [0.29, 0.717) is 6.04 Å². The van der Waals surface area contributed by atoms with Gasteiger partial charge in [0.05, 0.1) is 5.54 Å². The van der Waals surface area contributed by atoms with Gasteiger partial charge in [-0.05, 0) is 32.3 Å². The lowest BCUT2D eigenvalue weighted by molar-refractivity contribution is -0.137. The largest absolute Gasteiger partial charge is 0.341 e. The quantitative estimate of drug-likeness (QED) is 0.896. The van der Waals surface area contributed by atoms with Crippen molar-refractivity contribution in [3.63, 3.8) is 0 Å². The number of carbonyl (C=O) groups excluding carboxylic acids is 1. The topological polar surface area (TPSA) is 49.6 Å². The second-order valence-corrected chi connectivity index (χ2v) is 6.63. The van der Waals surface area contributed by atoms with Gasteiger partial charge in [-0.15, -0.1) is 24.8 Å². The van der Waals surface area contributed by atoms with Crippen LogP contribution in [0.3, 0.4) is 0 Å². The second kappa shape index (κ2) is 9.48. The maximum absolute atomic E-state index is 12.2. The number of rotatable bonds is 4.